The Kier molecular flexibility index (Phi) is 5.23. The lowest BCUT2D eigenvalue weighted by atomic mass is 10.2. The zero-order chi connectivity index (χ0) is 14.4. The Morgan fingerprint density at radius 2 is 2.11 bits per heavy atom. The molecule has 0 radical (unpaired) electrons. The van der Waals surface area contributed by atoms with Gasteiger partial charge in [0.15, 0.2) is 6.20 Å². The quantitative estimate of drug-likeness (QED) is 0.625. The molecule has 0 aliphatic carbocycles. The fourth-order valence-electron chi connectivity index (χ4n) is 1.70. The lowest BCUT2D eigenvalue weighted by molar-refractivity contribution is -0.389. The number of amides is 1. The van der Waals surface area contributed by atoms with Gasteiger partial charge in [0.1, 0.15) is 6.04 Å². The van der Waals surface area contributed by atoms with E-state index in [0.29, 0.717) is 18.8 Å². The highest BCUT2D eigenvalue weighted by Gasteiger charge is 2.18. The van der Waals surface area contributed by atoms with Gasteiger partial charge in [0.25, 0.3) is 0 Å². The van der Waals surface area contributed by atoms with E-state index in [2.05, 4.69) is 10.3 Å². The van der Waals surface area contributed by atoms with Crippen molar-refractivity contribution in [2.24, 2.45) is 0 Å². The maximum atomic E-state index is 12.0. The normalized spacial score (nSPS) is 11.7. The Labute approximate surface area is 111 Å². The van der Waals surface area contributed by atoms with Crippen LogP contribution in [-0.4, -0.2) is 39.8 Å². The third-order valence-electron chi connectivity index (χ3n) is 2.76. The van der Waals surface area contributed by atoms with Crippen molar-refractivity contribution < 1.29 is 9.72 Å². The molecule has 1 heterocycles. The van der Waals surface area contributed by atoms with Gasteiger partial charge in [0, 0.05) is 19.2 Å². The van der Waals surface area contributed by atoms with Crippen molar-refractivity contribution in [1.82, 2.24) is 9.88 Å². The number of hydrogen-bond acceptors (Lipinski definition) is 5. The molecule has 1 unspecified atom stereocenters. The van der Waals surface area contributed by atoms with Crippen LogP contribution in [0, 0.1) is 10.1 Å². The van der Waals surface area contributed by atoms with Gasteiger partial charge in [-0.15, -0.1) is 0 Å². The minimum Gasteiger partial charge on any atom is -0.371 e. The summed E-state index contributed by atoms with van der Waals surface area (Å²) in [4.78, 5) is 27.3. The lowest BCUT2D eigenvalue weighted by Crippen LogP contribution is -2.41. The first-order chi connectivity index (χ1) is 8.99. The number of nitrogens with zero attached hydrogens (tertiary/aromatic N) is 3. The highest BCUT2D eigenvalue weighted by Crippen LogP contribution is 2.13. The van der Waals surface area contributed by atoms with Gasteiger partial charge in [0.05, 0.1) is 5.69 Å². The van der Waals surface area contributed by atoms with E-state index < -0.39 is 11.0 Å². The molecule has 0 fully saturated rings. The van der Waals surface area contributed by atoms with Crippen LogP contribution in [0.5, 0.6) is 0 Å². The summed E-state index contributed by atoms with van der Waals surface area (Å²) in [6.45, 7) is 6.89. The molecule has 19 heavy (non-hydrogen) atoms. The van der Waals surface area contributed by atoms with Crippen LogP contribution in [0.25, 0.3) is 0 Å². The predicted molar refractivity (Wildman–Crippen MR) is 71.9 cm³/mol. The van der Waals surface area contributed by atoms with E-state index in [0.717, 1.165) is 0 Å². The van der Waals surface area contributed by atoms with E-state index in [9.17, 15) is 14.9 Å². The first-order valence-corrected chi connectivity index (χ1v) is 6.15. The fourth-order valence-corrected chi connectivity index (χ4v) is 1.70. The van der Waals surface area contributed by atoms with E-state index in [4.69, 9.17) is 0 Å². The highest BCUT2D eigenvalue weighted by atomic mass is 16.6. The van der Waals surface area contributed by atoms with Crippen LogP contribution in [-0.2, 0) is 4.79 Å². The smallest absolute Gasteiger partial charge is 0.363 e. The summed E-state index contributed by atoms with van der Waals surface area (Å²) in [5.74, 6) is -0.225. The minimum absolute atomic E-state index is 0.0108. The van der Waals surface area contributed by atoms with E-state index >= 15 is 0 Å². The Balaban J connectivity index is 2.68. The number of nitrogens with one attached hydrogen (secondary N) is 1. The second-order valence-electron chi connectivity index (χ2n) is 4.04. The zero-order valence-corrected chi connectivity index (χ0v) is 11.3. The molecular formula is C12H18N4O3. The Bertz CT molecular complexity index is 443. The number of anilines is 1. The molecule has 1 amide bonds. The van der Waals surface area contributed by atoms with Gasteiger partial charge in [-0.25, -0.2) is 0 Å². The van der Waals surface area contributed by atoms with E-state index in [1.165, 1.54) is 18.3 Å². The van der Waals surface area contributed by atoms with Crippen molar-refractivity contribution in [3.63, 3.8) is 0 Å². The highest BCUT2D eigenvalue weighted by molar-refractivity contribution is 5.84. The third kappa shape index (κ3) is 3.90. The summed E-state index contributed by atoms with van der Waals surface area (Å²) in [6, 6.07) is 2.44. The number of carbonyl (C=O) groups excluding carboxylic acids is 1. The van der Waals surface area contributed by atoms with Gasteiger partial charge >= 0.3 is 5.82 Å². The van der Waals surface area contributed by atoms with Gasteiger partial charge in [-0.2, -0.15) is 0 Å². The predicted octanol–water partition coefficient (Wildman–Crippen LogP) is 1.66. The Morgan fingerprint density at radius 3 is 2.53 bits per heavy atom. The maximum Gasteiger partial charge on any atom is 0.363 e. The number of hydrogen-bond donors (Lipinski definition) is 1. The molecule has 1 N–H and O–H groups in total. The average molecular weight is 266 g/mol. The molecule has 1 rings (SSSR count). The van der Waals surface area contributed by atoms with Crippen molar-refractivity contribution >= 4 is 17.4 Å². The summed E-state index contributed by atoms with van der Waals surface area (Å²) in [5, 5.41) is 13.5. The standard InChI is InChI=1S/C12H18N4O3/c1-4-15(5-2)12(17)9(3)14-10-6-7-11(13-8-10)16(18)19/h6-9,14H,4-5H2,1-3H3. The molecule has 0 aliphatic heterocycles. The maximum absolute atomic E-state index is 12.0. The van der Waals surface area contributed by atoms with Crippen molar-refractivity contribution in [2.75, 3.05) is 18.4 Å². The number of aromatic nitrogens is 1. The Hall–Kier alpha value is -2.18. The van der Waals surface area contributed by atoms with Gasteiger partial charge in [0.2, 0.25) is 5.91 Å². The summed E-state index contributed by atoms with van der Waals surface area (Å²) >= 11 is 0. The van der Waals surface area contributed by atoms with Crippen LogP contribution in [0.4, 0.5) is 11.5 Å². The summed E-state index contributed by atoms with van der Waals surface area (Å²) in [6.07, 6.45) is 1.35. The number of rotatable bonds is 6. The molecule has 1 aromatic rings. The van der Waals surface area contributed by atoms with Crippen molar-refractivity contribution in [3.8, 4) is 0 Å². The second kappa shape index (κ2) is 6.67. The zero-order valence-electron chi connectivity index (χ0n) is 11.3. The summed E-state index contributed by atoms with van der Waals surface area (Å²) < 4.78 is 0. The number of likely N-dealkylation sites (N-methyl/N-ethyl adjacent to an activating group) is 1. The number of pyridine rings is 1. The number of nitro groups is 1. The van der Waals surface area contributed by atoms with Gasteiger partial charge < -0.3 is 20.3 Å². The lowest BCUT2D eigenvalue weighted by Gasteiger charge is -2.23. The van der Waals surface area contributed by atoms with Gasteiger partial charge in [-0.05, 0) is 36.7 Å². The van der Waals surface area contributed by atoms with Crippen LogP contribution in [0.1, 0.15) is 20.8 Å². The minimum atomic E-state index is -0.561. The molecule has 1 atom stereocenters. The molecule has 104 valence electrons. The van der Waals surface area contributed by atoms with Crippen molar-refractivity contribution in [1.29, 1.82) is 0 Å². The van der Waals surface area contributed by atoms with Crippen LogP contribution in [0.3, 0.4) is 0 Å². The summed E-state index contributed by atoms with van der Waals surface area (Å²) in [5.41, 5.74) is 0.582. The van der Waals surface area contributed by atoms with E-state index in [-0.39, 0.29) is 11.7 Å². The first-order valence-electron chi connectivity index (χ1n) is 6.15. The van der Waals surface area contributed by atoms with Crippen LogP contribution < -0.4 is 5.32 Å². The molecule has 0 spiro atoms. The van der Waals surface area contributed by atoms with Gasteiger partial charge in [-0.3, -0.25) is 4.79 Å². The molecule has 7 heteroatoms. The van der Waals surface area contributed by atoms with Crippen molar-refractivity contribution in [2.45, 2.75) is 26.8 Å². The Morgan fingerprint density at radius 1 is 1.47 bits per heavy atom. The monoisotopic (exact) mass is 266 g/mol. The fraction of sp³-hybridized carbons (Fsp3) is 0.500. The third-order valence-corrected chi connectivity index (χ3v) is 2.76. The molecule has 0 aromatic carbocycles. The summed E-state index contributed by atoms with van der Waals surface area (Å²) in [7, 11) is 0. The molecule has 1 aromatic heterocycles. The van der Waals surface area contributed by atoms with Gasteiger partial charge in [-0.1, -0.05) is 0 Å². The molecule has 0 saturated carbocycles. The first kappa shape index (κ1) is 14.9. The topological polar surface area (TPSA) is 88.4 Å². The molecular weight excluding hydrogens is 248 g/mol. The molecule has 0 aliphatic rings. The molecule has 0 saturated heterocycles. The largest absolute Gasteiger partial charge is 0.371 e. The molecule has 7 nitrogen and oxygen atoms in total. The van der Waals surface area contributed by atoms with Crippen molar-refractivity contribution in [3.05, 3.63) is 28.4 Å². The van der Waals surface area contributed by atoms with Crippen LogP contribution in [0.2, 0.25) is 0 Å². The van der Waals surface area contributed by atoms with E-state index in [1.807, 2.05) is 13.8 Å². The van der Waals surface area contributed by atoms with E-state index in [1.54, 1.807) is 11.8 Å². The molecule has 0 bridgehead atoms. The number of carbonyl (C=O) groups is 1. The van der Waals surface area contributed by atoms with Crippen LogP contribution >= 0.6 is 0 Å². The van der Waals surface area contributed by atoms with Crippen LogP contribution in [0.15, 0.2) is 18.3 Å². The SMILES string of the molecule is CCN(CC)C(=O)C(C)Nc1ccc([N+](=O)[O-])nc1. The average Bonchev–Trinajstić information content (AvgIpc) is 2.40. The second-order valence-corrected chi connectivity index (χ2v) is 4.04.